The van der Waals surface area contributed by atoms with E-state index in [1.165, 1.54) is 11.0 Å². The molecule has 1 N–H and O–H groups in total. The van der Waals surface area contributed by atoms with Crippen LogP contribution in [0.5, 0.6) is 5.75 Å². The zero-order valence-corrected chi connectivity index (χ0v) is 14.0. The van der Waals surface area contributed by atoms with Gasteiger partial charge in [-0.1, -0.05) is 12.1 Å². The Hall–Kier alpha value is -3.36. The molecule has 9 heteroatoms. The summed E-state index contributed by atoms with van der Waals surface area (Å²) in [5, 5.41) is 13.4. The summed E-state index contributed by atoms with van der Waals surface area (Å²) in [5.41, 5.74) is 0.575. The number of nitrogens with zero attached hydrogens (tertiary/aromatic N) is 2. The fourth-order valence-corrected chi connectivity index (χ4v) is 2.59. The first-order valence-electron chi connectivity index (χ1n) is 8.05. The summed E-state index contributed by atoms with van der Waals surface area (Å²) in [4.78, 5) is 35.8. The van der Waals surface area contributed by atoms with Crippen LogP contribution in [0.15, 0.2) is 40.8 Å². The molecular weight excluding hydrogens is 342 g/mol. The maximum absolute atomic E-state index is 12.3. The van der Waals surface area contributed by atoms with Gasteiger partial charge in [0.25, 0.3) is 5.91 Å². The molecular formula is C17H17N3O6. The molecule has 0 radical (unpaired) electrons. The monoisotopic (exact) mass is 359 g/mol. The topological polar surface area (TPSA) is 115 Å². The number of carbonyl (C=O) groups is 2. The molecule has 0 aliphatic carbocycles. The molecule has 2 heterocycles. The van der Waals surface area contributed by atoms with E-state index in [0.29, 0.717) is 18.0 Å². The maximum Gasteiger partial charge on any atom is 0.433 e. The highest BCUT2D eigenvalue weighted by atomic mass is 16.6. The van der Waals surface area contributed by atoms with E-state index in [9.17, 15) is 19.7 Å². The summed E-state index contributed by atoms with van der Waals surface area (Å²) in [6.07, 6.45) is 0. The van der Waals surface area contributed by atoms with Gasteiger partial charge in [-0.25, -0.2) is 0 Å². The number of para-hydroxylation sites is 2. The van der Waals surface area contributed by atoms with E-state index in [1.54, 1.807) is 18.2 Å². The van der Waals surface area contributed by atoms with Crippen molar-refractivity contribution in [1.82, 2.24) is 4.90 Å². The Balaban J connectivity index is 1.56. The van der Waals surface area contributed by atoms with Crippen LogP contribution in [0, 0.1) is 16.0 Å². The van der Waals surface area contributed by atoms with Crippen molar-refractivity contribution in [3.63, 3.8) is 0 Å². The number of carbonyl (C=O) groups excluding carboxylic acids is 2. The molecule has 0 bridgehead atoms. The molecule has 0 spiro atoms. The van der Waals surface area contributed by atoms with E-state index in [-0.39, 0.29) is 30.7 Å². The number of nitrogens with one attached hydrogen (secondary N) is 1. The Labute approximate surface area is 148 Å². The first-order valence-corrected chi connectivity index (χ1v) is 8.05. The number of likely N-dealkylation sites (tertiary alicyclic amines) is 1. The van der Waals surface area contributed by atoms with Crippen molar-refractivity contribution in [2.45, 2.75) is 6.92 Å². The van der Waals surface area contributed by atoms with E-state index < -0.39 is 16.7 Å². The van der Waals surface area contributed by atoms with Crippen LogP contribution in [-0.4, -0.2) is 41.3 Å². The number of ether oxygens (including phenoxy) is 1. The predicted octanol–water partition coefficient (Wildman–Crippen LogP) is 2.30. The van der Waals surface area contributed by atoms with Gasteiger partial charge in [-0.2, -0.15) is 0 Å². The van der Waals surface area contributed by atoms with Crippen LogP contribution < -0.4 is 10.1 Å². The number of amides is 2. The van der Waals surface area contributed by atoms with Gasteiger partial charge in [0.2, 0.25) is 5.91 Å². The molecule has 2 amide bonds. The van der Waals surface area contributed by atoms with Crippen LogP contribution in [0.2, 0.25) is 0 Å². The number of nitro groups is 1. The van der Waals surface area contributed by atoms with Crippen molar-refractivity contribution in [2.24, 2.45) is 5.92 Å². The molecule has 0 saturated carbocycles. The standard InChI is InChI=1S/C17H17N3O6/c1-2-25-13-6-4-3-5-12(13)18-16(21)11-9-19(10-11)17(22)14-7-8-15(26-14)20(23)24/h3-8,11H,2,9-10H2,1H3,(H,18,21). The molecule has 1 aromatic carbocycles. The number of benzene rings is 1. The Morgan fingerprint density at radius 1 is 1.31 bits per heavy atom. The lowest BCUT2D eigenvalue weighted by Crippen LogP contribution is -2.54. The smallest absolute Gasteiger partial charge is 0.433 e. The fourth-order valence-electron chi connectivity index (χ4n) is 2.59. The lowest BCUT2D eigenvalue weighted by molar-refractivity contribution is -0.402. The molecule has 136 valence electrons. The molecule has 9 nitrogen and oxygen atoms in total. The highest BCUT2D eigenvalue weighted by molar-refractivity contribution is 5.98. The first-order chi connectivity index (χ1) is 12.5. The molecule has 1 aliphatic rings. The van der Waals surface area contributed by atoms with Crippen molar-refractivity contribution in [3.05, 3.63) is 52.3 Å². The van der Waals surface area contributed by atoms with Crippen molar-refractivity contribution in [3.8, 4) is 5.75 Å². The SMILES string of the molecule is CCOc1ccccc1NC(=O)C1CN(C(=O)c2ccc([N+](=O)[O-])o2)C1. The second-order valence-corrected chi connectivity index (χ2v) is 5.72. The molecule has 1 aliphatic heterocycles. The molecule has 0 unspecified atom stereocenters. The van der Waals surface area contributed by atoms with Gasteiger partial charge in [-0.15, -0.1) is 0 Å². The predicted molar refractivity (Wildman–Crippen MR) is 91.0 cm³/mol. The third kappa shape index (κ3) is 3.51. The van der Waals surface area contributed by atoms with E-state index in [4.69, 9.17) is 9.15 Å². The van der Waals surface area contributed by atoms with Crippen molar-refractivity contribution < 1.29 is 23.7 Å². The maximum atomic E-state index is 12.3. The van der Waals surface area contributed by atoms with Crippen molar-refractivity contribution in [2.75, 3.05) is 25.0 Å². The minimum absolute atomic E-state index is 0.114. The first kappa shape index (κ1) is 17.5. The largest absolute Gasteiger partial charge is 0.492 e. The molecule has 3 rings (SSSR count). The molecule has 26 heavy (non-hydrogen) atoms. The Morgan fingerprint density at radius 2 is 2.04 bits per heavy atom. The second-order valence-electron chi connectivity index (χ2n) is 5.72. The van der Waals surface area contributed by atoms with Crippen LogP contribution >= 0.6 is 0 Å². The number of rotatable bonds is 6. The average Bonchev–Trinajstić information content (AvgIpc) is 3.06. The van der Waals surface area contributed by atoms with Gasteiger partial charge in [-0.05, 0) is 25.1 Å². The van der Waals surface area contributed by atoms with Crippen LogP contribution in [-0.2, 0) is 4.79 Å². The van der Waals surface area contributed by atoms with Crippen LogP contribution in [0.25, 0.3) is 0 Å². The van der Waals surface area contributed by atoms with E-state index in [1.807, 2.05) is 13.0 Å². The van der Waals surface area contributed by atoms with Gasteiger partial charge in [0, 0.05) is 13.1 Å². The van der Waals surface area contributed by atoms with Gasteiger partial charge < -0.3 is 19.4 Å². The Kier molecular flexibility index (Phi) is 4.87. The molecule has 2 aromatic rings. The summed E-state index contributed by atoms with van der Waals surface area (Å²) in [7, 11) is 0. The molecule has 1 aromatic heterocycles. The van der Waals surface area contributed by atoms with E-state index in [0.717, 1.165) is 6.07 Å². The third-order valence-corrected chi connectivity index (χ3v) is 3.97. The summed E-state index contributed by atoms with van der Waals surface area (Å²) in [6, 6.07) is 9.49. The summed E-state index contributed by atoms with van der Waals surface area (Å²) in [5.74, 6) is -1.08. The number of furan rings is 1. The third-order valence-electron chi connectivity index (χ3n) is 3.97. The van der Waals surface area contributed by atoms with Crippen molar-refractivity contribution >= 4 is 23.4 Å². The molecule has 1 fully saturated rings. The minimum atomic E-state index is -0.709. The van der Waals surface area contributed by atoms with E-state index in [2.05, 4.69) is 5.32 Å². The van der Waals surface area contributed by atoms with Gasteiger partial charge in [0.1, 0.15) is 10.7 Å². The quantitative estimate of drug-likeness (QED) is 0.625. The molecule has 0 atom stereocenters. The van der Waals surface area contributed by atoms with Crippen LogP contribution in [0.3, 0.4) is 0 Å². The number of hydrogen-bond acceptors (Lipinski definition) is 6. The summed E-state index contributed by atoms with van der Waals surface area (Å²) >= 11 is 0. The zero-order valence-electron chi connectivity index (χ0n) is 14.0. The Bertz CT molecular complexity index is 841. The average molecular weight is 359 g/mol. The van der Waals surface area contributed by atoms with Crippen LogP contribution in [0.1, 0.15) is 17.5 Å². The van der Waals surface area contributed by atoms with Gasteiger partial charge in [-0.3, -0.25) is 19.7 Å². The lowest BCUT2D eigenvalue weighted by Gasteiger charge is -2.37. The highest BCUT2D eigenvalue weighted by Crippen LogP contribution is 2.27. The van der Waals surface area contributed by atoms with Gasteiger partial charge in [0.15, 0.2) is 5.76 Å². The normalized spacial score (nSPS) is 13.8. The fraction of sp³-hybridized carbons (Fsp3) is 0.294. The zero-order chi connectivity index (χ0) is 18.7. The van der Waals surface area contributed by atoms with Gasteiger partial charge >= 0.3 is 5.88 Å². The number of anilines is 1. The highest BCUT2D eigenvalue weighted by Gasteiger charge is 2.37. The summed E-state index contributed by atoms with van der Waals surface area (Å²) < 4.78 is 10.4. The van der Waals surface area contributed by atoms with Crippen LogP contribution in [0.4, 0.5) is 11.6 Å². The van der Waals surface area contributed by atoms with E-state index >= 15 is 0 Å². The Morgan fingerprint density at radius 3 is 2.69 bits per heavy atom. The minimum Gasteiger partial charge on any atom is -0.492 e. The second kappa shape index (κ2) is 7.26. The van der Waals surface area contributed by atoms with Gasteiger partial charge in [0.05, 0.1) is 24.3 Å². The lowest BCUT2D eigenvalue weighted by atomic mass is 9.98. The van der Waals surface area contributed by atoms with Crippen molar-refractivity contribution in [1.29, 1.82) is 0 Å². The molecule has 1 saturated heterocycles. The summed E-state index contributed by atoms with van der Waals surface area (Å²) in [6.45, 7) is 2.77. The number of hydrogen-bond donors (Lipinski definition) is 1.